The Kier molecular flexibility index (Phi) is 4.69. The Balaban J connectivity index is 2.19. The highest BCUT2D eigenvalue weighted by Crippen LogP contribution is 2.18. The maximum absolute atomic E-state index is 5.78. The van der Waals surface area contributed by atoms with E-state index in [-0.39, 0.29) is 0 Å². The van der Waals surface area contributed by atoms with Crippen molar-refractivity contribution >= 4 is 5.82 Å². The molecule has 20 heavy (non-hydrogen) atoms. The molecular weight excluding hydrogens is 248 g/mol. The van der Waals surface area contributed by atoms with Gasteiger partial charge in [0, 0.05) is 31.9 Å². The van der Waals surface area contributed by atoms with E-state index in [1.807, 2.05) is 19.2 Å². The van der Waals surface area contributed by atoms with Crippen molar-refractivity contribution in [3.05, 3.63) is 53.5 Å². The van der Waals surface area contributed by atoms with Crippen LogP contribution in [-0.4, -0.2) is 17.0 Å². The summed E-state index contributed by atoms with van der Waals surface area (Å²) in [7, 11) is 2.04. The minimum Gasteiger partial charge on any atom is -0.355 e. The monoisotopic (exact) mass is 270 g/mol. The number of benzene rings is 1. The van der Waals surface area contributed by atoms with Crippen LogP contribution in [0.3, 0.4) is 0 Å². The molecule has 0 aliphatic heterocycles. The fraction of sp³-hybridized carbons (Fsp3) is 0.375. The first-order valence-corrected chi connectivity index (χ1v) is 6.91. The topological polar surface area (TPSA) is 55.0 Å². The lowest BCUT2D eigenvalue weighted by molar-refractivity contribution is 0.800. The van der Waals surface area contributed by atoms with Crippen LogP contribution in [0.2, 0.25) is 0 Å². The smallest absolute Gasteiger partial charge is 0.132 e. The fourth-order valence-corrected chi connectivity index (χ4v) is 2.13. The lowest BCUT2D eigenvalue weighted by atomic mass is 10.1. The molecule has 0 atom stereocenters. The van der Waals surface area contributed by atoms with E-state index in [9.17, 15) is 0 Å². The van der Waals surface area contributed by atoms with Crippen molar-refractivity contribution in [2.45, 2.75) is 32.9 Å². The van der Waals surface area contributed by atoms with Gasteiger partial charge in [-0.05, 0) is 17.0 Å². The molecule has 0 aliphatic carbocycles. The first kappa shape index (κ1) is 14.5. The third-order valence-electron chi connectivity index (χ3n) is 3.40. The van der Waals surface area contributed by atoms with Gasteiger partial charge in [-0.3, -0.25) is 0 Å². The zero-order valence-corrected chi connectivity index (χ0v) is 12.4. The fourth-order valence-electron chi connectivity index (χ4n) is 2.13. The largest absolute Gasteiger partial charge is 0.355 e. The first-order valence-electron chi connectivity index (χ1n) is 6.91. The summed E-state index contributed by atoms with van der Waals surface area (Å²) in [5, 5.41) is 0. The Labute approximate surface area is 120 Å². The summed E-state index contributed by atoms with van der Waals surface area (Å²) in [5.74, 6) is 1.34. The second-order valence-corrected chi connectivity index (χ2v) is 5.28. The Morgan fingerprint density at radius 2 is 1.85 bits per heavy atom. The van der Waals surface area contributed by atoms with Crippen LogP contribution in [-0.2, 0) is 13.1 Å². The molecule has 4 heteroatoms. The zero-order chi connectivity index (χ0) is 14.5. The van der Waals surface area contributed by atoms with Crippen LogP contribution >= 0.6 is 0 Å². The van der Waals surface area contributed by atoms with Gasteiger partial charge in [-0.25, -0.2) is 9.97 Å². The van der Waals surface area contributed by atoms with Crippen molar-refractivity contribution in [1.82, 2.24) is 9.97 Å². The van der Waals surface area contributed by atoms with Crippen molar-refractivity contribution in [3.63, 3.8) is 0 Å². The second-order valence-electron chi connectivity index (χ2n) is 5.28. The molecule has 0 saturated heterocycles. The van der Waals surface area contributed by atoms with Gasteiger partial charge >= 0.3 is 0 Å². The molecule has 2 aromatic rings. The second kappa shape index (κ2) is 6.48. The summed E-state index contributed by atoms with van der Waals surface area (Å²) in [5.41, 5.74) is 9.26. The highest BCUT2D eigenvalue weighted by atomic mass is 15.2. The van der Waals surface area contributed by atoms with Gasteiger partial charge in [0.15, 0.2) is 0 Å². The summed E-state index contributed by atoms with van der Waals surface area (Å²) >= 11 is 0. The van der Waals surface area contributed by atoms with Gasteiger partial charge in [0.05, 0.1) is 0 Å². The van der Waals surface area contributed by atoms with Gasteiger partial charge < -0.3 is 10.6 Å². The van der Waals surface area contributed by atoms with Crippen molar-refractivity contribution in [1.29, 1.82) is 0 Å². The Bertz CT molecular complexity index is 566. The van der Waals surface area contributed by atoms with Crippen molar-refractivity contribution in [3.8, 4) is 0 Å². The Morgan fingerprint density at radius 1 is 1.15 bits per heavy atom. The third-order valence-corrected chi connectivity index (χ3v) is 3.40. The highest BCUT2D eigenvalue weighted by Gasteiger charge is 2.09. The number of rotatable bonds is 5. The number of hydrogen-bond donors (Lipinski definition) is 1. The predicted octanol–water partition coefficient (Wildman–Crippen LogP) is 2.70. The van der Waals surface area contributed by atoms with E-state index >= 15 is 0 Å². The number of aromatic nitrogens is 2. The molecule has 2 N–H and O–H groups in total. The Hall–Kier alpha value is -1.94. The molecule has 1 aromatic heterocycles. The normalized spacial score (nSPS) is 10.8. The standard InChI is InChI=1S/C16H22N4/c1-12(2)15-8-16(19-11-18-15)20(3)10-14-7-5-4-6-13(14)9-17/h4-8,11-12H,9-10,17H2,1-3H3. The number of anilines is 1. The number of hydrogen-bond acceptors (Lipinski definition) is 4. The summed E-state index contributed by atoms with van der Waals surface area (Å²) in [6.45, 7) is 5.62. The SMILES string of the molecule is CC(C)c1cc(N(C)Cc2ccccc2CN)ncn1. The zero-order valence-electron chi connectivity index (χ0n) is 12.4. The van der Waals surface area contributed by atoms with Crippen LogP contribution in [0.4, 0.5) is 5.82 Å². The van der Waals surface area contributed by atoms with Gasteiger partial charge in [0.2, 0.25) is 0 Å². The van der Waals surface area contributed by atoms with Gasteiger partial charge in [-0.15, -0.1) is 0 Å². The van der Waals surface area contributed by atoms with E-state index in [1.165, 1.54) is 11.1 Å². The van der Waals surface area contributed by atoms with E-state index in [1.54, 1.807) is 6.33 Å². The van der Waals surface area contributed by atoms with Crippen molar-refractivity contribution in [2.75, 3.05) is 11.9 Å². The summed E-state index contributed by atoms with van der Waals surface area (Å²) < 4.78 is 0. The molecule has 0 saturated carbocycles. The Morgan fingerprint density at radius 3 is 2.50 bits per heavy atom. The molecular formula is C16H22N4. The molecule has 0 radical (unpaired) electrons. The van der Waals surface area contributed by atoms with E-state index in [0.717, 1.165) is 18.1 Å². The highest BCUT2D eigenvalue weighted by molar-refractivity contribution is 5.41. The molecule has 0 spiro atoms. The van der Waals surface area contributed by atoms with Crippen LogP contribution < -0.4 is 10.6 Å². The minimum atomic E-state index is 0.404. The average molecular weight is 270 g/mol. The van der Waals surface area contributed by atoms with Gasteiger partial charge in [0.25, 0.3) is 0 Å². The summed E-state index contributed by atoms with van der Waals surface area (Å²) in [6, 6.07) is 10.3. The number of nitrogens with two attached hydrogens (primary N) is 1. The van der Waals surface area contributed by atoms with Crippen molar-refractivity contribution in [2.24, 2.45) is 5.73 Å². The molecule has 0 aliphatic rings. The molecule has 1 aromatic carbocycles. The maximum Gasteiger partial charge on any atom is 0.132 e. The van der Waals surface area contributed by atoms with Crippen LogP contribution in [0.25, 0.3) is 0 Å². The lowest BCUT2D eigenvalue weighted by Gasteiger charge is -2.20. The molecule has 0 unspecified atom stereocenters. The average Bonchev–Trinajstić information content (AvgIpc) is 2.48. The quantitative estimate of drug-likeness (QED) is 0.907. The lowest BCUT2D eigenvalue weighted by Crippen LogP contribution is -2.19. The molecule has 106 valence electrons. The van der Waals surface area contributed by atoms with Crippen molar-refractivity contribution < 1.29 is 0 Å². The van der Waals surface area contributed by atoms with Gasteiger partial charge in [-0.1, -0.05) is 38.1 Å². The third kappa shape index (κ3) is 3.33. The van der Waals surface area contributed by atoms with E-state index < -0.39 is 0 Å². The molecule has 0 amide bonds. The van der Waals surface area contributed by atoms with Gasteiger partial charge in [0.1, 0.15) is 12.1 Å². The molecule has 0 fully saturated rings. The molecule has 2 rings (SSSR count). The predicted molar refractivity (Wildman–Crippen MR) is 82.6 cm³/mol. The van der Waals surface area contributed by atoms with Crippen LogP contribution in [0.5, 0.6) is 0 Å². The van der Waals surface area contributed by atoms with Crippen LogP contribution in [0.1, 0.15) is 36.6 Å². The van der Waals surface area contributed by atoms with Gasteiger partial charge in [-0.2, -0.15) is 0 Å². The van der Waals surface area contributed by atoms with Crippen LogP contribution in [0, 0.1) is 0 Å². The number of nitrogens with zero attached hydrogens (tertiary/aromatic N) is 3. The van der Waals surface area contributed by atoms with E-state index in [4.69, 9.17) is 5.73 Å². The maximum atomic E-state index is 5.78. The van der Waals surface area contributed by atoms with Crippen LogP contribution in [0.15, 0.2) is 36.7 Å². The van der Waals surface area contributed by atoms with E-state index in [2.05, 4.69) is 46.9 Å². The summed E-state index contributed by atoms with van der Waals surface area (Å²) in [4.78, 5) is 10.8. The molecule has 1 heterocycles. The summed E-state index contributed by atoms with van der Waals surface area (Å²) in [6.07, 6.45) is 1.63. The molecule has 0 bridgehead atoms. The molecule has 4 nitrogen and oxygen atoms in total. The van der Waals surface area contributed by atoms with E-state index in [0.29, 0.717) is 12.5 Å². The first-order chi connectivity index (χ1) is 9.61. The minimum absolute atomic E-state index is 0.404.